The number of methoxy groups -OCH3 is 1. The summed E-state index contributed by atoms with van der Waals surface area (Å²) >= 11 is 1.78. The Morgan fingerprint density at radius 1 is 1.35 bits per heavy atom. The molecule has 0 atom stereocenters. The zero-order valence-electron chi connectivity index (χ0n) is 13.4. The molecule has 0 radical (unpaired) electrons. The van der Waals surface area contributed by atoms with Crippen LogP contribution >= 0.6 is 11.8 Å². The van der Waals surface area contributed by atoms with Crippen molar-refractivity contribution in [2.24, 2.45) is 4.99 Å². The topological polar surface area (TPSA) is 66.0 Å². The number of carbonyl (C=O) groups excluding carboxylic acids is 1. The number of ether oxygens (including phenoxy) is 1. The van der Waals surface area contributed by atoms with Crippen molar-refractivity contribution in [3.63, 3.8) is 0 Å². The maximum Gasteiger partial charge on any atom is 0.243 e. The standard InChI is InChI=1S/C13H28N4O2S/c1-13(2,20-6)10-16-12(14-7-8-19-5)15-9-11(18)17(3)4/h7-10H2,1-6H3,(H2,14,15,16). The van der Waals surface area contributed by atoms with E-state index in [1.165, 1.54) is 4.90 Å². The van der Waals surface area contributed by atoms with Gasteiger partial charge in [-0.25, -0.2) is 4.99 Å². The van der Waals surface area contributed by atoms with Gasteiger partial charge in [0.05, 0.1) is 6.61 Å². The minimum atomic E-state index is -0.0260. The molecule has 7 heteroatoms. The average Bonchev–Trinajstić information content (AvgIpc) is 2.40. The molecule has 118 valence electrons. The van der Waals surface area contributed by atoms with Crippen molar-refractivity contribution < 1.29 is 9.53 Å². The molecule has 0 saturated carbocycles. The number of nitrogens with zero attached hydrogens (tertiary/aromatic N) is 2. The molecule has 6 nitrogen and oxygen atoms in total. The number of guanidine groups is 1. The zero-order valence-corrected chi connectivity index (χ0v) is 14.3. The van der Waals surface area contributed by atoms with Crippen LogP contribution in [-0.2, 0) is 9.53 Å². The lowest BCUT2D eigenvalue weighted by molar-refractivity contribution is -0.127. The van der Waals surface area contributed by atoms with Crippen molar-refractivity contribution in [3.8, 4) is 0 Å². The van der Waals surface area contributed by atoms with Crippen LogP contribution in [0.3, 0.4) is 0 Å². The second-order valence-corrected chi connectivity index (χ2v) is 6.70. The molecule has 20 heavy (non-hydrogen) atoms. The summed E-state index contributed by atoms with van der Waals surface area (Å²) in [5.74, 6) is 0.612. The van der Waals surface area contributed by atoms with Crippen LogP contribution in [0, 0.1) is 0 Å². The largest absolute Gasteiger partial charge is 0.383 e. The smallest absolute Gasteiger partial charge is 0.243 e. The summed E-state index contributed by atoms with van der Waals surface area (Å²) in [5.41, 5.74) is 0. The van der Waals surface area contributed by atoms with E-state index in [2.05, 4.69) is 35.7 Å². The fourth-order valence-corrected chi connectivity index (χ4v) is 1.32. The minimum absolute atomic E-state index is 0.0260. The lowest BCUT2D eigenvalue weighted by Crippen LogP contribution is -2.44. The van der Waals surface area contributed by atoms with Crippen molar-refractivity contribution in [2.75, 3.05) is 53.7 Å². The second kappa shape index (κ2) is 9.88. The maximum absolute atomic E-state index is 11.6. The highest BCUT2D eigenvalue weighted by atomic mass is 32.2. The molecule has 0 bridgehead atoms. The first-order chi connectivity index (χ1) is 9.32. The summed E-state index contributed by atoms with van der Waals surface area (Å²) in [6, 6.07) is 0. The van der Waals surface area contributed by atoms with Crippen molar-refractivity contribution in [2.45, 2.75) is 18.6 Å². The van der Waals surface area contributed by atoms with Gasteiger partial charge in [-0.1, -0.05) is 0 Å². The molecule has 0 aromatic carbocycles. The minimum Gasteiger partial charge on any atom is -0.383 e. The predicted molar refractivity (Wildman–Crippen MR) is 86.5 cm³/mol. The van der Waals surface area contributed by atoms with Gasteiger partial charge in [-0.05, 0) is 20.1 Å². The Labute approximate surface area is 126 Å². The first-order valence-corrected chi connectivity index (χ1v) is 7.81. The Bertz CT molecular complexity index is 319. The van der Waals surface area contributed by atoms with Crippen molar-refractivity contribution in [3.05, 3.63) is 0 Å². The second-order valence-electron chi connectivity index (χ2n) is 5.19. The molecule has 0 heterocycles. The van der Waals surface area contributed by atoms with E-state index < -0.39 is 0 Å². The number of hydrogen-bond donors (Lipinski definition) is 2. The van der Waals surface area contributed by atoms with E-state index >= 15 is 0 Å². The molecular formula is C13H28N4O2S. The third-order valence-corrected chi connectivity index (χ3v) is 3.95. The first-order valence-electron chi connectivity index (χ1n) is 6.59. The molecule has 0 spiro atoms. The van der Waals surface area contributed by atoms with Crippen LogP contribution in [0.4, 0.5) is 0 Å². The lowest BCUT2D eigenvalue weighted by Gasteiger charge is -2.24. The third kappa shape index (κ3) is 9.03. The quantitative estimate of drug-likeness (QED) is 0.386. The van der Waals surface area contributed by atoms with Gasteiger partial charge in [-0.2, -0.15) is 11.8 Å². The Kier molecular flexibility index (Phi) is 9.41. The summed E-state index contributed by atoms with van der Waals surface area (Å²) in [6.07, 6.45) is 2.08. The van der Waals surface area contributed by atoms with Crippen LogP contribution in [0.15, 0.2) is 4.99 Å². The monoisotopic (exact) mass is 304 g/mol. The van der Waals surface area contributed by atoms with Crippen molar-refractivity contribution >= 4 is 23.6 Å². The molecule has 0 aliphatic heterocycles. The summed E-state index contributed by atoms with van der Waals surface area (Å²) < 4.78 is 5.10. The van der Waals surface area contributed by atoms with Gasteiger partial charge >= 0.3 is 0 Å². The van der Waals surface area contributed by atoms with E-state index in [-0.39, 0.29) is 17.2 Å². The zero-order chi connectivity index (χ0) is 15.6. The molecule has 0 aromatic heterocycles. The Hall–Kier alpha value is -0.950. The predicted octanol–water partition coefficient (Wildman–Crippen LogP) is 0.398. The van der Waals surface area contributed by atoms with Gasteiger partial charge < -0.3 is 20.3 Å². The van der Waals surface area contributed by atoms with Crippen LogP contribution < -0.4 is 10.6 Å². The number of hydrogen-bond acceptors (Lipinski definition) is 4. The number of amides is 1. The summed E-state index contributed by atoms with van der Waals surface area (Å²) in [4.78, 5) is 17.4. The van der Waals surface area contributed by atoms with Gasteiger partial charge in [0.1, 0.15) is 6.54 Å². The van der Waals surface area contributed by atoms with Gasteiger partial charge in [0.2, 0.25) is 5.91 Å². The number of rotatable bonds is 8. The van der Waals surface area contributed by atoms with E-state index in [0.29, 0.717) is 19.1 Å². The van der Waals surface area contributed by atoms with E-state index in [0.717, 1.165) is 6.54 Å². The fraction of sp³-hybridized carbons (Fsp3) is 0.846. The Morgan fingerprint density at radius 3 is 2.50 bits per heavy atom. The number of aliphatic imine (C=N–C) groups is 1. The van der Waals surface area contributed by atoms with Gasteiger partial charge in [-0.15, -0.1) is 0 Å². The highest BCUT2D eigenvalue weighted by Crippen LogP contribution is 2.19. The van der Waals surface area contributed by atoms with Crippen LogP contribution in [0.5, 0.6) is 0 Å². The van der Waals surface area contributed by atoms with E-state index in [1.54, 1.807) is 33.0 Å². The van der Waals surface area contributed by atoms with Gasteiger partial charge in [-0.3, -0.25) is 4.79 Å². The summed E-state index contributed by atoms with van der Waals surface area (Å²) in [7, 11) is 5.10. The molecule has 0 aliphatic rings. The normalized spacial score (nSPS) is 12.2. The molecule has 0 aliphatic carbocycles. The van der Waals surface area contributed by atoms with Crippen molar-refractivity contribution in [1.29, 1.82) is 0 Å². The summed E-state index contributed by atoms with van der Waals surface area (Å²) in [6.45, 7) is 6.45. The first kappa shape index (κ1) is 19.1. The third-order valence-electron chi connectivity index (χ3n) is 2.70. The summed E-state index contributed by atoms with van der Waals surface area (Å²) in [5, 5.41) is 6.40. The van der Waals surface area contributed by atoms with Crippen LogP contribution in [0.2, 0.25) is 0 Å². The van der Waals surface area contributed by atoms with E-state index in [4.69, 9.17) is 4.74 Å². The molecule has 1 amide bonds. The van der Waals surface area contributed by atoms with Crippen LogP contribution in [0.1, 0.15) is 13.8 Å². The molecule has 0 saturated heterocycles. The Morgan fingerprint density at radius 2 is 2.00 bits per heavy atom. The van der Waals surface area contributed by atoms with Crippen LogP contribution in [0.25, 0.3) is 0 Å². The molecular weight excluding hydrogens is 276 g/mol. The lowest BCUT2D eigenvalue weighted by atomic mass is 10.2. The van der Waals surface area contributed by atoms with Gasteiger partial charge in [0, 0.05) is 39.0 Å². The van der Waals surface area contributed by atoms with Gasteiger partial charge in [0.25, 0.3) is 0 Å². The molecule has 0 fully saturated rings. The SMILES string of the molecule is COCCNC(=NCC(=O)N(C)C)NCC(C)(C)SC. The van der Waals surface area contributed by atoms with Gasteiger partial charge in [0.15, 0.2) is 5.96 Å². The number of likely N-dealkylation sites (N-methyl/N-ethyl adjacent to an activating group) is 1. The van der Waals surface area contributed by atoms with Crippen LogP contribution in [-0.4, -0.2) is 75.2 Å². The molecule has 0 rings (SSSR count). The highest BCUT2D eigenvalue weighted by Gasteiger charge is 2.16. The maximum atomic E-state index is 11.6. The van der Waals surface area contributed by atoms with E-state index in [9.17, 15) is 4.79 Å². The van der Waals surface area contributed by atoms with E-state index in [1.807, 2.05) is 0 Å². The molecule has 0 unspecified atom stereocenters. The highest BCUT2D eigenvalue weighted by molar-refractivity contribution is 7.99. The van der Waals surface area contributed by atoms with Crippen molar-refractivity contribution in [1.82, 2.24) is 15.5 Å². The number of nitrogens with one attached hydrogen (secondary N) is 2. The average molecular weight is 304 g/mol. The number of thioether (sulfide) groups is 1. The molecule has 0 aromatic rings. The molecule has 2 N–H and O–H groups in total. The fourth-order valence-electron chi connectivity index (χ4n) is 1.10. The Balaban J connectivity index is 4.47. The number of carbonyl (C=O) groups is 1.